The predicted octanol–water partition coefficient (Wildman–Crippen LogP) is 0.137. The molecule has 0 spiro atoms. The van der Waals surface area contributed by atoms with Crippen molar-refractivity contribution in [1.82, 2.24) is 0 Å². The Morgan fingerprint density at radius 1 is 1.29 bits per heavy atom. The molecule has 2 bridgehead atoms. The van der Waals surface area contributed by atoms with Gasteiger partial charge in [0.1, 0.15) is 4.32 Å². The van der Waals surface area contributed by atoms with Crippen LogP contribution in [0.2, 0.25) is 0 Å². The Morgan fingerprint density at radius 3 is 2.36 bits per heavy atom. The highest BCUT2D eigenvalue weighted by atomic mass is 79.9. The van der Waals surface area contributed by atoms with Crippen LogP contribution in [0.3, 0.4) is 0 Å². The smallest absolute Gasteiger partial charge is 0.235 e. The molecular formula is C9H13BrN2O2. The average Bonchev–Trinajstić information content (AvgIpc) is 2.61. The fraction of sp³-hybridized carbons (Fsp3) is 0.778. The van der Waals surface area contributed by atoms with Gasteiger partial charge in [-0.05, 0) is 31.1 Å². The van der Waals surface area contributed by atoms with Crippen LogP contribution >= 0.6 is 15.9 Å². The highest BCUT2D eigenvalue weighted by Gasteiger charge is 2.62. The molecule has 78 valence electrons. The Balaban J connectivity index is 2.39. The molecule has 14 heavy (non-hydrogen) atoms. The van der Waals surface area contributed by atoms with Gasteiger partial charge in [-0.1, -0.05) is 15.9 Å². The molecule has 2 aliphatic rings. The number of fused-ring (bicyclic) bond motifs is 2. The van der Waals surface area contributed by atoms with Gasteiger partial charge in [-0.2, -0.15) is 0 Å². The van der Waals surface area contributed by atoms with Crippen molar-refractivity contribution in [2.75, 3.05) is 0 Å². The summed E-state index contributed by atoms with van der Waals surface area (Å²) in [5.41, 5.74) is 10.7. The fourth-order valence-corrected chi connectivity index (χ4v) is 4.11. The van der Waals surface area contributed by atoms with Crippen molar-refractivity contribution in [3.8, 4) is 0 Å². The number of nitrogens with two attached hydrogens (primary N) is 2. The predicted molar refractivity (Wildman–Crippen MR) is 54.4 cm³/mol. The van der Waals surface area contributed by atoms with Gasteiger partial charge in [-0.25, -0.2) is 0 Å². The molecule has 4 N–H and O–H groups in total. The molecule has 0 radical (unpaired) electrons. The lowest BCUT2D eigenvalue weighted by atomic mass is 9.78. The number of rotatable bonds is 2. The Bertz CT molecular complexity index is 307. The number of hydrogen-bond donors (Lipinski definition) is 2. The molecule has 0 saturated heterocycles. The summed E-state index contributed by atoms with van der Waals surface area (Å²) >= 11 is 3.36. The third-order valence-electron chi connectivity index (χ3n) is 3.68. The molecule has 2 fully saturated rings. The average molecular weight is 261 g/mol. The summed E-state index contributed by atoms with van der Waals surface area (Å²) in [6.07, 6.45) is 2.84. The van der Waals surface area contributed by atoms with Crippen LogP contribution in [0.4, 0.5) is 0 Å². The van der Waals surface area contributed by atoms with Gasteiger partial charge in [0.15, 0.2) is 0 Å². The van der Waals surface area contributed by atoms with Gasteiger partial charge >= 0.3 is 0 Å². The monoisotopic (exact) mass is 260 g/mol. The quantitative estimate of drug-likeness (QED) is 0.692. The number of carbonyl (C=O) groups is 2. The topological polar surface area (TPSA) is 86.2 Å². The van der Waals surface area contributed by atoms with E-state index in [9.17, 15) is 9.59 Å². The van der Waals surface area contributed by atoms with Crippen molar-refractivity contribution in [1.29, 1.82) is 0 Å². The van der Waals surface area contributed by atoms with Crippen molar-refractivity contribution < 1.29 is 9.59 Å². The molecule has 4 nitrogen and oxygen atoms in total. The SMILES string of the molecule is NC(=O)C1C2CCC(C2)C1(Br)C(N)=O. The molecular weight excluding hydrogens is 248 g/mol. The van der Waals surface area contributed by atoms with Crippen LogP contribution in [-0.2, 0) is 9.59 Å². The first-order chi connectivity index (χ1) is 6.48. The minimum atomic E-state index is -0.873. The van der Waals surface area contributed by atoms with Crippen molar-refractivity contribution >= 4 is 27.7 Å². The molecule has 0 heterocycles. The summed E-state index contributed by atoms with van der Waals surface area (Å²) in [4.78, 5) is 22.7. The van der Waals surface area contributed by atoms with Gasteiger partial charge in [-0.15, -0.1) is 0 Å². The van der Waals surface area contributed by atoms with E-state index in [1.807, 2.05) is 0 Å². The maximum absolute atomic E-state index is 11.4. The molecule has 0 aromatic carbocycles. The second kappa shape index (κ2) is 2.95. The Hall–Kier alpha value is -0.580. The summed E-state index contributed by atoms with van der Waals surface area (Å²) < 4.78 is -0.873. The number of halogens is 1. The van der Waals surface area contributed by atoms with Crippen LogP contribution in [0.1, 0.15) is 19.3 Å². The lowest BCUT2D eigenvalue weighted by Gasteiger charge is -2.34. The molecule has 5 heteroatoms. The van der Waals surface area contributed by atoms with Crippen molar-refractivity contribution in [3.05, 3.63) is 0 Å². The zero-order valence-corrected chi connectivity index (χ0v) is 9.29. The second-order valence-electron chi connectivity index (χ2n) is 4.28. The maximum Gasteiger partial charge on any atom is 0.235 e. The number of alkyl halides is 1. The van der Waals surface area contributed by atoms with E-state index in [0.717, 1.165) is 19.3 Å². The molecule has 2 aliphatic carbocycles. The van der Waals surface area contributed by atoms with E-state index in [4.69, 9.17) is 11.5 Å². The molecule has 4 unspecified atom stereocenters. The van der Waals surface area contributed by atoms with E-state index in [0.29, 0.717) is 0 Å². The van der Waals surface area contributed by atoms with E-state index < -0.39 is 22.1 Å². The molecule has 0 aromatic rings. The van der Waals surface area contributed by atoms with Crippen molar-refractivity contribution in [3.63, 3.8) is 0 Å². The molecule has 2 amide bonds. The number of primary amides is 2. The summed E-state index contributed by atoms with van der Waals surface area (Å²) in [6.45, 7) is 0. The summed E-state index contributed by atoms with van der Waals surface area (Å²) in [6, 6.07) is 0. The van der Waals surface area contributed by atoms with E-state index in [2.05, 4.69) is 15.9 Å². The van der Waals surface area contributed by atoms with E-state index in [1.165, 1.54) is 0 Å². The van der Waals surface area contributed by atoms with Crippen molar-refractivity contribution in [2.24, 2.45) is 29.2 Å². The molecule has 0 aliphatic heterocycles. The van der Waals surface area contributed by atoms with Crippen LogP contribution in [0, 0.1) is 17.8 Å². The van der Waals surface area contributed by atoms with Crippen molar-refractivity contribution in [2.45, 2.75) is 23.6 Å². The third-order valence-corrected chi connectivity index (χ3v) is 5.21. The molecule has 2 saturated carbocycles. The van der Waals surface area contributed by atoms with Crippen LogP contribution in [0.25, 0.3) is 0 Å². The Morgan fingerprint density at radius 2 is 1.93 bits per heavy atom. The van der Waals surface area contributed by atoms with Crippen LogP contribution in [0.5, 0.6) is 0 Å². The first-order valence-corrected chi connectivity index (χ1v) is 5.55. The molecule has 2 rings (SSSR count). The van der Waals surface area contributed by atoms with E-state index in [1.54, 1.807) is 0 Å². The molecule has 4 atom stereocenters. The van der Waals surface area contributed by atoms with Gasteiger partial charge in [0.25, 0.3) is 0 Å². The van der Waals surface area contributed by atoms with Crippen LogP contribution in [0.15, 0.2) is 0 Å². The normalized spacial score (nSPS) is 45.4. The number of carbonyl (C=O) groups excluding carboxylic acids is 2. The lowest BCUT2D eigenvalue weighted by molar-refractivity contribution is -0.131. The zero-order chi connectivity index (χ0) is 10.5. The highest BCUT2D eigenvalue weighted by Crippen LogP contribution is 2.58. The van der Waals surface area contributed by atoms with Gasteiger partial charge in [0.05, 0.1) is 5.92 Å². The van der Waals surface area contributed by atoms with E-state index >= 15 is 0 Å². The highest BCUT2D eigenvalue weighted by molar-refractivity contribution is 9.10. The lowest BCUT2D eigenvalue weighted by Crippen LogP contribution is -2.53. The summed E-state index contributed by atoms with van der Waals surface area (Å²) in [7, 11) is 0. The Labute approximate surface area is 90.5 Å². The largest absolute Gasteiger partial charge is 0.369 e. The number of hydrogen-bond acceptors (Lipinski definition) is 2. The minimum absolute atomic E-state index is 0.183. The summed E-state index contributed by atoms with van der Waals surface area (Å²) in [5.74, 6) is -0.855. The van der Waals surface area contributed by atoms with Crippen LogP contribution < -0.4 is 11.5 Å². The minimum Gasteiger partial charge on any atom is -0.369 e. The number of amides is 2. The van der Waals surface area contributed by atoms with Gasteiger partial charge in [0.2, 0.25) is 11.8 Å². The Kier molecular flexibility index (Phi) is 2.10. The fourth-order valence-electron chi connectivity index (χ4n) is 3.09. The second-order valence-corrected chi connectivity index (χ2v) is 5.59. The van der Waals surface area contributed by atoms with E-state index in [-0.39, 0.29) is 11.8 Å². The van der Waals surface area contributed by atoms with Gasteiger partial charge < -0.3 is 11.5 Å². The first kappa shape index (κ1) is 9.96. The zero-order valence-electron chi connectivity index (χ0n) is 7.70. The van der Waals surface area contributed by atoms with Crippen LogP contribution in [-0.4, -0.2) is 16.1 Å². The van der Waals surface area contributed by atoms with Gasteiger partial charge in [0, 0.05) is 0 Å². The first-order valence-electron chi connectivity index (χ1n) is 4.76. The summed E-state index contributed by atoms with van der Waals surface area (Å²) in [5, 5.41) is 0. The third kappa shape index (κ3) is 1.05. The maximum atomic E-state index is 11.4. The molecule has 0 aromatic heterocycles. The standard InChI is InChI=1S/C9H13BrN2O2/c10-9(8(12)14)5-2-1-4(3-5)6(9)7(11)13/h4-6H,1-3H2,(H2,11,13)(H2,12,14). The van der Waals surface area contributed by atoms with Gasteiger partial charge in [-0.3, -0.25) is 9.59 Å².